The van der Waals surface area contributed by atoms with E-state index in [4.69, 9.17) is 9.15 Å². The van der Waals surface area contributed by atoms with Gasteiger partial charge < -0.3 is 19.4 Å². The SMILES string of the molecule is C[C@H](CCc1ccccc1)NC(=O)[C@H]1[C@H]2C=C[C@@]3(O2)[C@@H]2[C@H](C)C(=O)C[C@@H](c4ccco4)N2C(=O)[C@@H]13. The zero-order valence-electron chi connectivity index (χ0n) is 19.9. The highest BCUT2D eigenvalue weighted by atomic mass is 16.5. The summed E-state index contributed by atoms with van der Waals surface area (Å²) in [6, 6.07) is 12.8. The van der Waals surface area contributed by atoms with Crippen LogP contribution in [0.15, 0.2) is 65.3 Å². The van der Waals surface area contributed by atoms with E-state index in [0.29, 0.717) is 5.76 Å². The van der Waals surface area contributed by atoms with Crippen molar-refractivity contribution in [1.29, 1.82) is 0 Å². The maximum absolute atomic E-state index is 14.0. The van der Waals surface area contributed by atoms with Gasteiger partial charge in [0.25, 0.3) is 0 Å². The Morgan fingerprint density at radius 1 is 1.20 bits per heavy atom. The van der Waals surface area contributed by atoms with Gasteiger partial charge in [0.15, 0.2) is 0 Å². The van der Waals surface area contributed by atoms with Crippen LogP contribution in [-0.2, 0) is 25.5 Å². The molecule has 0 aliphatic carbocycles. The third-order valence-corrected chi connectivity index (χ3v) is 8.35. The van der Waals surface area contributed by atoms with Crippen LogP contribution in [0.2, 0.25) is 0 Å². The molecular weight excluding hydrogens is 444 g/mol. The van der Waals surface area contributed by atoms with Crippen molar-refractivity contribution < 1.29 is 23.5 Å². The summed E-state index contributed by atoms with van der Waals surface area (Å²) in [5.41, 5.74) is 0.265. The minimum absolute atomic E-state index is 0.0442. The van der Waals surface area contributed by atoms with Crippen molar-refractivity contribution in [1.82, 2.24) is 10.2 Å². The monoisotopic (exact) mass is 474 g/mol. The molecule has 7 nitrogen and oxygen atoms in total. The Morgan fingerprint density at radius 3 is 2.74 bits per heavy atom. The molecule has 8 atom stereocenters. The van der Waals surface area contributed by atoms with Gasteiger partial charge in [-0.25, -0.2) is 0 Å². The van der Waals surface area contributed by atoms with Gasteiger partial charge in [0.05, 0.1) is 36.3 Å². The fraction of sp³-hybridized carbons (Fsp3) is 0.464. The van der Waals surface area contributed by atoms with E-state index in [1.165, 1.54) is 5.56 Å². The smallest absolute Gasteiger partial charge is 0.230 e. The van der Waals surface area contributed by atoms with Gasteiger partial charge in [-0.3, -0.25) is 14.4 Å². The van der Waals surface area contributed by atoms with E-state index in [0.717, 1.165) is 12.8 Å². The fourth-order valence-electron chi connectivity index (χ4n) is 6.70. The van der Waals surface area contributed by atoms with Crippen molar-refractivity contribution in [2.45, 2.75) is 62.9 Å². The summed E-state index contributed by atoms with van der Waals surface area (Å²) in [5.74, 6) is -1.25. The van der Waals surface area contributed by atoms with E-state index < -0.39 is 35.6 Å². The van der Waals surface area contributed by atoms with Crippen LogP contribution in [-0.4, -0.2) is 46.3 Å². The summed E-state index contributed by atoms with van der Waals surface area (Å²) in [5, 5.41) is 3.14. The summed E-state index contributed by atoms with van der Waals surface area (Å²) >= 11 is 0. The molecule has 3 fully saturated rings. The number of furan rings is 1. The maximum Gasteiger partial charge on any atom is 0.230 e. The highest BCUT2D eigenvalue weighted by molar-refractivity contribution is 5.96. The molecule has 4 aliphatic rings. The zero-order chi connectivity index (χ0) is 24.3. The van der Waals surface area contributed by atoms with Gasteiger partial charge in [-0.05, 0) is 37.5 Å². The molecule has 2 aromatic rings. The van der Waals surface area contributed by atoms with Crippen LogP contribution in [0.4, 0.5) is 0 Å². The fourth-order valence-corrected chi connectivity index (χ4v) is 6.70. The van der Waals surface area contributed by atoms with Crippen molar-refractivity contribution in [2.24, 2.45) is 17.8 Å². The Hall–Kier alpha value is -3.19. The molecule has 1 spiro atoms. The average Bonchev–Trinajstić information content (AvgIpc) is 3.63. The van der Waals surface area contributed by atoms with Gasteiger partial charge in [-0.1, -0.05) is 49.4 Å². The number of fused-ring (bicyclic) bond motifs is 2. The Balaban J connectivity index is 1.25. The van der Waals surface area contributed by atoms with Gasteiger partial charge >= 0.3 is 0 Å². The van der Waals surface area contributed by atoms with Crippen LogP contribution in [0.3, 0.4) is 0 Å². The lowest BCUT2D eigenvalue weighted by atomic mass is 9.70. The number of carbonyl (C=O) groups is 3. The number of benzene rings is 1. The number of ketones is 1. The lowest BCUT2D eigenvalue weighted by molar-refractivity contribution is -0.148. The van der Waals surface area contributed by atoms with Crippen LogP contribution in [0.1, 0.15) is 44.1 Å². The second kappa shape index (κ2) is 8.19. The maximum atomic E-state index is 14.0. The van der Waals surface area contributed by atoms with Gasteiger partial charge in [-0.2, -0.15) is 0 Å². The summed E-state index contributed by atoms with van der Waals surface area (Å²) < 4.78 is 12.1. The number of carbonyl (C=O) groups excluding carboxylic acids is 3. The standard InChI is InChI=1S/C28H30N2O5/c1-16(10-11-18-7-4-3-5-8-18)29-26(32)23-22-12-13-28(35-22)24(23)27(33)30-19(21-9-6-14-34-21)15-20(31)17(2)25(28)30/h3-9,12-14,16-17,19,22-25H,10-11,15H2,1-2H3,(H,29,32)/t16-,17-,19+,22-,23+,24-,25+,28+/m1/s1. The van der Waals surface area contributed by atoms with Crippen molar-refractivity contribution in [3.8, 4) is 0 Å². The molecule has 1 aromatic carbocycles. The number of nitrogens with zero attached hydrogens (tertiary/aromatic N) is 1. The van der Waals surface area contributed by atoms with E-state index in [1.54, 1.807) is 23.3 Å². The van der Waals surface area contributed by atoms with Crippen LogP contribution in [0.25, 0.3) is 0 Å². The highest BCUT2D eigenvalue weighted by Crippen LogP contribution is 2.59. The number of hydrogen-bond acceptors (Lipinski definition) is 5. The molecule has 0 unspecified atom stereocenters. The largest absolute Gasteiger partial charge is 0.467 e. The lowest BCUT2D eigenvalue weighted by Crippen LogP contribution is -2.55. The van der Waals surface area contributed by atoms with E-state index in [9.17, 15) is 14.4 Å². The summed E-state index contributed by atoms with van der Waals surface area (Å²) in [6.07, 6.45) is 6.80. The minimum Gasteiger partial charge on any atom is -0.467 e. The van der Waals surface area contributed by atoms with Gasteiger partial charge in [0, 0.05) is 18.4 Å². The first kappa shape index (κ1) is 22.3. The first-order valence-corrected chi connectivity index (χ1v) is 12.5. The van der Waals surface area contributed by atoms with E-state index >= 15 is 0 Å². The zero-order valence-corrected chi connectivity index (χ0v) is 19.9. The highest BCUT2D eigenvalue weighted by Gasteiger charge is 2.74. The van der Waals surface area contributed by atoms with Crippen molar-refractivity contribution in [3.63, 3.8) is 0 Å². The number of amides is 2. The van der Waals surface area contributed by atoms with Crippen LogP contribution in [0.5, 0.6) is 0 Å². The number of ether oxygens (including phenoxy) is 1. The molecule has 1 aromatic heterocycles. The normalized spacial score (nSPS) is 35.8. The second-order valence-electron chi connectivity index (χ2n) is 10.4. The average molecular weight is 475 g/mol. The Kier molecular flexibility index (Phi) is 5.22. The molecule has 3 saturated heterocycles. The molecule has 2 bridgehead atoms. The molecular formula is C28H30N2O5. The third kappa shape index (κ3) is 3.32. The molecule has 35 heavy (non-hydrogen) atoms. The number of Topliss-reactive ketones (excluding diaryl/α,β-unsaturated/α-hetero) is 1. The van der Waals surface area contributed by atoms with Crippen LogP contribution < -0.4 is 5.32 Å². The number of piperidine rings is 1. The molecule has 4 aliphatic heterocycles. The topological polar surface area (TPSA) is 88.8 Å². The molecule has 5 heterocycles. The molecule has 7 heteroatoms. The molecule has 0 radical (unpaired) electrons. The minimum atomic E-state index is -0.961. The van der Waals surface area contributed by atoms with Crippen molar-refractivity contribution in [2.75, 3.05) is 0 Å². The quantitative estimate of drug-likeness (QED) is 0.650. The van der Waals surface area contributed by atoms with Crippen LogP contribution in [0, 0.1) is 17.8 Å². The van der Waals surface area contributed by atoms with Gasteiger partial charge in [-0.15, -0.1) is 0 Å². The Labute approximate surface area is 204 Å². The van der Waals surface area contributed by atoms with Gasteiger partial charge in [0.1, 0.15) is 17.1 Å². The van der Waals surface area contributed by atoms with E-state index in [1.807, 2.05) is 44.2 Å². The van der Waals surface area contributed by atoms with Crippen molar-refractivity contribution in [3.05, 3.63) is 72.2 Å². The van der Waals surface area contributed by atoms with E-state index in [-0.39, 0.29) is 36.0 Å². The second-order valence-corrected chi connectivity index (χ2v) is 10.4. The predicted molar refractivity (Wildman–Crippen MR) is 127 cm³/mol. The molecule has 6 rings (SSSR count). The van der Waals surface area contributed by atoms with Crippen LogP contribution >= 0.6 is 0 Å². The number of rotatable bonds is 6. The first-order chi connectivity index (χ1) is 16.9. The molecule has 1 N–H and O–H groups in total. The Bertz CT molecular complexity index is 1180. The predicted octanol–water partition coefficient (Wildman–Crippen LogP) is 3.22. The summed E-state index contributed by atoms with van der Waals surface area (Å²) in [7, 11) is 0. The number of aryl methyl sites for hydroxylation is 1. The third-order valence-electron chi connectivity index (χ3n) is 8.35. The van der Waals surface area contributed by atoms with Gasteiger partial charge in [0.2, 0.25) is 11.8 Å². The molecule has 182 valence electrons. The summed E-state index contributed by atoms with van der Waals surface area (Å²) in [4.78, 5) is 42.3. The van der Waals surface area contributed by atoms with E-state index in [2.05, 4.69) is 17.4 Å². The van der Waals surface area contributed by atoms with Crippen molar-refractivity contribution >= 4 is 17.6 Å². The lowest BCUT2D eigenvalue weighted by Gasteiger charge is -2.43. The first-order valence-electron chi connectivity index (χ1n) is 12.5. The molecule has 0 saturated carbocycles. The number of nitrogens with one attached hydrogen (secondary N) is 1. The number of hydrogen-bond donors (Lipinski definition) is 1. The Morgan fingerprint density at radius 2 is 2.00 bits per heavy atom. The molecule has 2 amide bonds. The summed E-state index contributed by atoms with van der Waals surface area (Å²) in [6.45, 7) is 3.86.